The maximum absolute atomic E-state index is 12.3. The summed E-state index contributed by atoms with van der Waals surface area (Å²) in [4.78, 5) is 12.3. The standard InChI is InChI=1S/C23H18ClIN2O5/c1-29-21-9-14(8-18(25)22(21)30-12-16-4-2-3-5-17(16)24)11-26-27-23(28)15-6-7-19-20(10-15)32-13-31-19/h2-11H,12-13H2,1H3,(H,27,28)/b26-11-. The minimum Gasteiger partial charge on any atom is -0.493 e. The lowest BCUT2D eigenvalue weighted by atomic mass is 10.2. The van der Waals surface area contributed by atoms with Crippen LogP contribution in [0.1, 0.15) is 21.5 Å². The number of nitrogens with zero attached hydrogens (tertiary/aromatic N) is 1. The smallest absolute Gasteiger partial charge is 0.271 e. The topological polar surface area (TPSA) is 78.4 Å². The average Bonchev–Trinajstić information content (AvgIpc) is 3.27. The molecule has 0 fully saturated rings. The van der Waals surface area contributed by atoms with Crippen LogP contribution in [-0.2, 0) is 6.61 Å². The first-order chi connectivity index (χ1) is 15.5. The fraction of sp³-hybridized carbons (Fsp3) is 0.130. The van der Waals surface area contributed by atoms with Crippen molar-refractivity contribution in [3.05, 3.63) is 79.9 Å². The Hall–Kier alpha value is -2.98. The molecule has 0 atom stereocenters. The van der Waals surface area contributed by atoms with Crippen LogP contribution in [0.15, 0.2) is 59.7 Å². The van der Waals surface area contributed by atoms with Gasteiger partial charge in [0, 0.05) is 16.1 Å². The van der Waals surface area contributed by atoms with E-state index in [1.807, 2.05) is 30.3 Å². The lowest BCUT2D eigenvalue weighted by molar-refractivity contribution is 0.0954. The molecule has 3 aromatic carbocycles. The first-order valence-electron chi connectivity index (χ1n) is 9.52. The van der Waals surface area contributed by atoms with E-state index in [-0.39, 0.29) is 12.7 Å². The number of methoxy groups -OCH3 is 1. The maximum Gasteiger partial charge on any atom is 0.271 e. The summed E-state index contributed by atoms with van der Waals surface area (Å²) >= 11 is 8.37. The van der Waals surface area contributed by atoms with Crippen molar-refractivity contribution in [2.24, 2.45) is 5.10 Å². The molecule has 1 heterocycles. The van der Waals surface area contributed by atoms with Crippen molar-refractivity contribution in [3.63, 3.8) is 0 Å². The molecular formula is C23H18ClIN2O5. The van der Waals surface area contributed by atoms with Gasteiger partial charge in [0.1, 0.15) is 6.61 Å². The van der Waals surface area contributed by atoms with Gasteiger partial charge in [-0.05, 0) is 64.6 Å². The molecule has 32 heavy (non-hydrogen) atoms. The summed E-state index contributed by atoms with van der Waals surface area (Å²) in [7, 11) is 1.57. The van der Waals surface area contributed by atoms with Gasteiger partial charge in [-0.2, -0.15) is 5.10 Å². The lowest BCUT2D eigenvalue weighted by Gasteiger charge is -2.14. The van der Waals surface area contributed by atoms with Gasteiger partial charge in [-0.25, -0.2) is 5.43 Å². The third-order valence-electron chi connectivity index (χ3n) is 4.60. The number of carbonyl (C=O) groups is 1. The highest BCUT2D eigenvalue weighted by atomic mass is 127. The summed E-state index contributed by atoms with van der Waals surface area (Å²) in [6.07, 6.45) is 1.54. The highest BCUT2D eigenvalue weighted by molar-refractivity contribution is 14.1. The molecule has 7 nitrogen and oxygen atoms in total. The summed E-state index contributed by atoms with van der Waals surface area (Å²) in [6.45, 7) is 0.461. The van der Waals surface area contributed by atoms with E-state index < -0.39 is 0 Å². The van der Waals surface area contributed by atoms with E-state index in [0.717, 1.165) is 14.7 Å². The molecule has 0 saturated carbocycles. The van der Waals surface area contributed by atoms with Crippen LogP contribution in [-0.4, -0.2) is 26.0 Å². The molecule has 0 spiro atoms. The number of fused-ring (bicyclic) bond motifs is 1. The molecular weight excluding hydrogens is 547 g/mol. The van der Waals surface area contributed by atoms with Crippen LogP contribution in [0.25, 0.3) is 0 Å². The molecule has 1 aliphatic heterocycles. The molecule has 3 aromatic rings. The zero-order valence-corrected chi connectivity index (χ0v) is 19.8. The molecule has 0 bridgehead atoms. The van der Waals surface area contributed by atoms with Crippen molar-refractivity contribution in [1.29, 1.82) is 0 Å². The Morgan fingerprint density at radius 3 is 2.81 bits per heavy atom. The predicted molar refractivity (Wildman–Crippen MR) is 129 cm³/mol. The number of halogens is 2. The van der Waals surface area contributed by atoms with Gasteiger partial charge < -0.3 is 18.9 Å². The Morgan fingerprint density at radius 2 is 2.00 bits per heavy atom. The summed E-state index contributed by atoms with van der Waals surface area (Å²) < 4.78 is 22.8. The predicted octanol–water partition coefficient (Wildman–Crippen LogP) is 5.02. The van der Waals surface area contributed by atoms with E-state index in [4.69, 9.17) is 30.5 Å². The SMILES string of the molecule is COc1cc(/C=N\NC(=O)c2ccc3c(c2)OCO3)cc(I)c1OCc1ccccc1Cl. The Morgan fingerprint density at radius 1 is 1.19 bits per heavy atom. The van der Waals surface area contributed by atoms with Gasteiger partial charge in [0.05, 0.1) is 16.9 Å². The second-order valence-electron chi connectivity index (χ2n) is 6.68. The zero-order valence-electron chi connectivity index (χ0n) is 16.9. The minimum absolute atomic E-state index is 0.150. The second kappa shape index (κ2) is 10.1. The summed E-state index contributed by atoms with van der Waals surface area (Å²) in [6, 6.07) is 16.1. The van der Waals surface area contributed by atoms with Crippen LogP contribution in [0.4, 0.5) is 0 Å². The van der Waals surface area contributed by atoms with E-state index in [9.17, 15) is 4.79 Å². The zero-order chi connectivity index (χ0) is 22.5. The van der Waals surface area contributed by atoms with Gasteiger partial charge in [-0.15, -0.1) is 0 Å². The second-order valence-corrected chi connectivity index (χ2v) is 8.25. The number of hydrogen-bond acceptors (Lipinski definition) is 6. The van der Waals surface area contributed by atoms with Gasteiger partial charge in [-0.1, -0.05) is 29.8 Å². The van der Waals surface area contributed by atoms with Gasteiger partial charge in [0.25, 0.3) is 5.91 Å². The van der Waals surface area contributed by atoms with E-state index in [1.54, 1.807) is 31.4 Å². The van der Waals surface area contributed by atoms with Gasteiger partial charge in [0.15, 0.2) is 23.0 Å². The number of amides is 1. The molecule has 0 aromatic heterocycles. The van der Waals surface area contributed by atoms with Crippen molar-refractivity contribution in [2.75, 3.05) is 13.9 Å². The number of nitrogens with one attached hydrogen (secondary N) is 1. The number of hydrogen-bond donors (Lipinski definition) is 1. The monoisotopic (exact) mass is 564 g/mol. The Bertz CT molecular complexity index is 1190. The lowest BCUT2D eigenvalue weighted by Crippen LogP contribution is -2.17. The number of rotatable bonds is 7. The first-order valence-corrected chi connectivity index (χ1v) is 11.0. The molecule has 4 rings (SSSR count). The van der Waals surface area contributed by atoms with Crippen LogP contribution in [0.5, 0.6) is 23.0 Å². The molecule has 1 N–H and O–H groups in total. The molecule has 0 saturated heterocycles. The van der Waals surface area contributed by atoms with Crippen LogP contribution in [0, 0.1) is 3.57 Å². The number of hydrazone groups is 1. The number of benzene rings is 3. The Labute approximate surface area is 203 Å². The Kier molecular flexibility index (Phi) is 7.01. The van der Waals surface area contributed by atoms with Crippen molar-refractivity contribution in [2.45, 2.75) is 6.61 Å². The van der Waals surface area contributed by atoms with Crippen molar-refractivity contribution in [3.8, 4) is 23.0 Å². The molecule has 1 aliphatic rings. The maximum atomic E-state index is 12.3. The molecule has 1 amide bonds. The first kappa shape index (κ1) is 22.2. The molecule has 0 unspecified atom stereocenters. The molecule has 0 aliphatic carbocycles. The van der Waals surface area contributed by atoms with E-state index in [1.165, 1.54) is 6.21 Å². The van der Waals surface area contributed by atoms with Crippen LogP contribution >= 0.6 is 34.2 Å². The fourth-order valence-electron chi connectivity index (χ4n) is 2.99. The fourth-order valence-corrected chi connectivity index (χ4v) is 3.96. The highest BCUT2D eigenvalue weighted by Crippen LogP contribution is 2.35. The van der Waals surface area contributed by atoms with Crippen LogP contribution in [0.3, 0.4) is 0 Å². The third kappa shape index (κ3) is 5.08. The molecule has 9 heteroatoms. The highest BCUT2D eigenvalue weighted by Gasteiger charge is 2.16. The molecule has 164 valence electrons. The molecule has 0 radical (unpaired) electrons. The van der Waals surface area contributed by atoms with Gasteiger partial charge in [-0.3, -0.25) is 4.79 Å². The summed E-state index contributed by atoms with van der Waals surface area (Å²) in [5, 5.41) is 4.69. The van der Waals surface area contributed by atoms with E-state index >= 15 is 0 Å². The summed E-state index contributed by atoms with van der Waals surface area (Å²) in [5.41, 5.74) is 4.54. The third-order valence-corrected chi connectivity index (χ3v) is 5.77. The van der Waals surface area contributed by atoms with Crippen molar-refractivity contribution in [1.82, 2.24) is 5.43 Å². The van der Waals surface area contributed by atoms with Crippen LogP contribution < -0.4 is 24.4 Å². The van der Waals surface area contributed by atoms with Gasteiger partial charge in [0.2, 0.25) is 6.79 Å². The average molecular weight is 565 g/mol. The largest absolute Gasteiger partial charge is 0.493 e. The Balaban J connectivity index is 1.43. The van der Waals surface area contributed by atoms with E-state index in [0.29, 0.717) is 40.2 Å². The van der Waals surface area contributed by atoms with E-state index in [2.05, 4.69) is 33.1 Å². The number of carbonyl (C=O) groups excluding carboxylic acids is 1. The number of ether oxygens (including phenoxy) is 4. The van der Waals surface area contributed by atoms with Gasteiger partial charge >= 0.3 is 0 Å². The van der Waals surface area contributed by atoms with Crippen LogP contribution in [0.2, 0.25) is 5.02 Å². The normalized spacial score (nSPS) is 12.1. The quantitative estimate of drug-likeness (QED) is 0.248. The van der Waals surface area contributed by atoms with Crippen molar-refractivity contribution >= 4 is 46.3 Å². The van der Waals surface area contributed by atoms with Crippen molar-refractivity contribution < 1.29 is 23.7 Å². The minimum atomic E-state index is -0.360. The summed E-state index contributed by atoms with van der Waals surface area (Å²) in [5.74, 6) is 1.94.